The van der Waals surface area contributed by atoms with E-state index in [0.717, 1.165) is 55.3 Å². The van der Waals surface area contributed by atoms with Gasteiger partial charge in [-0.25, -0.2) is 0 Å². The molecule has 250 valence electrons. The van der Waals surface area contributed by atoms with E-state index in [9.17, 15) is 5.48 Å². The van der Waals surface area contributed by atoms with Gasteiger partial charge in [0.25, 0.3) is 0 Å². The standard InChI is InChI=1S/C52H37N/c1-4-12-38(13-5-1)40-20-22-41(23-21-40)43-26-33-48(34-27-43)53(47-31-24-42(25-32-47)39-14-6-2-7-15-39)49-35-28-45(29-36-49)51-37-30-44-16-10-11-19-50(44)52(51)46-17-8-3-9-18-46/h1-37H/i2D,6D,7D,14D,15D,24D,25D,31D,32D. The molecule has 0 aliphatic rings. The molecule has 9 aromatic carbocycles. The summed E-state index contributed by atoms with van der Waals surface area (Å²) in [6.07, 6.45) is 0. The van der Waals surface area contributed by atoms with Crippen LogP contribution in [0.2, 0.25) is 0 Å². The maximum atomic E-state index is 9.40. The van der Waals surface area contributed by atoms with Gasteiger partial charge in [-0.2, -0.15) is 0 Å². The van der Waals surface area contributed by atoms with Crippen molar-refractivity contribution in [1.82, 2.24) is 0 Å². The second-order valence-electron chi connectivity index (χ2n) is 12.7. The molecule has 1 heteroatoms. The Morgan fingerprint density at radius 3 is 1.38 bits per heavy atom. The molecular weight excluding hydrogens is 639 g/mol. The molecule has 0 aliphatic carbocycles. The third kappa shape index (κ3) is 6.53. The van der Waals surface area contributed by atoms with Crippen molar-refractivity contribution >= 4 is 27.8 Å². The molecule has 0 spiro atoms. The molecule has 0 aliphatic heterocycles. The van der Waals surface area contributed by atoms with E-state index in [4.69, 9.17) is 6.85 Å². The van der Waals surface area contributed by atoms with Gasteiger partial charge in [0.2, 0.25) is 0 Å². The van der Waals surface area contributed by atoms with Crippen LogP contribution in [-0.4, -0.2) is 0 Å². The summed E-state index contributed by atoms with van der Waals surface area (Å²) in [4.78, 5) is 1.68. The Morgan fingerprint density at radius 1 is 0.302 bits per heavy atom. The van der Waals surface area contributed by atoms with E-state index in [1.54, 1.807) is 4.90 Å². The first-order valence-corrected chi connectivity index (χ1v) is 17.4. The highest BCUT2D eigenvalue weighted by molar-refractivity contribution is 6.04. The summed E-state index contributed by atoms with van der Waals surface area (Å²) in [6.45, 7) is 0. The van der Waals surface area contributed by atoms with Crippen LogP contribution in [0.1, 0.15) is 12.3 Å². The molecule has 9 aromatic rings. The van der Waals surface area contributed by atoms with Crippen molar-refractivity contribution in [2.24, 2.45) is 0 Å². The lowest BCUT2D eigenvalue weighted by atomic mass is 9.90. The smallest absolute Gasteiger partial charge is 0.0645 e. The lowest BCUT2D eigenvalue weighted by molar-refractivity contribution is 1.28. The lowest BCUT2D eigenvalue weighted by Crippen LogP contribution is -2.09. The van der Waals surface area contributed by atoms with Gasteiger partial charge in [0.05, 0.1) is 12.3 Å². The third-order valence-electron chi connectivity index (χ3n) is 9.46. The summed E-state index contributed by atoms with van der Waals surface area (Å²) in [5.41, 5.74) is 8.56. The molecule has 0 saturated heterocycles. The number of benzene rings is 9. The first-order valence-electron chi connectivity index (χ1n) is 21.9. The van der Waals surface area contributed by atoms with Gasteiger partial charge in [-0.05, 0) is 103 Å². The number of rotatable bonds is 8. The minimum atomic E-state index is -0.625. The number of hydrogen-bond donors (Lipinski definition) is 0. The van der Waals surface area contributed by atoms with Crippen molar-refractivity contribution in [3.05, 3.63) is 224 Å². The molecule has 0 saturated carbocycles. The highest BCUT2D eigenvalue weighted by Gasteiger charge is 2.16. The van der Waals surface area contributed by atoms with Crippen LogP contribution in [-0.2, 0) is 0 Å². The van der Waals surface area contributed by atoms with Crippen LogP contribution in [0.5, 0.6) is 0 Å². The van der Waals surface area contributed by atoms with Gasteiger partial charge in [-0.3, -0.25) is 0 Å². The molecule has 1 nitrogen and oxygen atoms in total. The fourth-order valence-corrected chi connectivity index (χ4v) is 6.83. The highest BCUT2D eigenvalue weighted by atomic mass is 15.1. The average molecular weight is 685 g/mol. The molecule has 0 N–H and O–H groups in total. The predicted octanol–water partition coefficient (Wildman–Crippen LogP) is 14.6. The Bertz CT molecular complexity index is 3080. The van der Waals surface area contributed by atoms with Crippen LogP contribution in [0.25, 0.3) is 66.4 Å². The number of fused-ring (bicyclic) bond motifs is 1. The molecule has 0 radical (unpaired) electrons. The van der Waals surface area contributed by atoms with Gasteiger partial charge in [0.15, 0.2) is 0 Å². The first-order chi connectivity index (χ1) is 30.0. The molecule has 0 atom stereocenters. The molecule has 0 heterocycles. The fraction of sp³-hybridized carbons (Fsp3) is 0. The number of hydrogen-bond acceptors (Lipinski definition) is 1. The van der Waals surface area contributed by atoms with Gasteiger partial charge in [-0.15, -0.1) is 0 Å². The Hall–Kier alpha value is -6.96. The van der Waals surface area contributed by atoms with Gasteiger partial charge in [0.1, 0.15) is 0 Å². The van der Waals surface area contributed by atoms with Crippen molar-refractivity contribution in [3.8, 4) is 55.6 Å². The van der Waals surface area contributed by atoms with Crippen LogP contribution in [0.15, 0.2) is 224 Å². The molecule has 0 unspecified atom stereocenters. The largest absolute Gasteiger partial charge is 0.311 e. The van der Waals surface area contributed by atoms with Crippen molar-refractivity contribution in [3.63, 3.8) is 0 Å². The van der Waals surface area contributed by atoms with Gasteiger partial charge in [0, 0.05) is 17.1 Å². The van der Waals surface area contributed by atoms with E-state index in [1.165, 1.54) is 0 Å². The van der Waals surface area contributed by atoms with E-state index in [1.807, 2.05) is 97.1 Å². The Balaban J connectivity index is 1.19. The summed E-state index contributed by atoms with van der Waals surface area (Å²) in [5, 5.41) is 2.23. The maximum Gasteiger partial charge on any atom is 0.0645 e. The molecule has 0 fully saturated rings. The van der Waals surface area contributed by atoms with E-state index < -0.39 is 54.4 Å². The number of nitrogens with zero attached hydrogens (tertiary/aromatic N) is 1. The zero-order chi connectivity index (χ0) is 43.2. The average Bonchev–Trinajstić information content (AvgIpc) is 3.32. The van der Waals surface area contributed by atoms with Gasteiger partial charge in [-0.1, -0.05) is 188 Å². The Morgan fingerprint density at radius 2 is 0.774 bits per heavy atom. The summed E-state index contributed by atoms with van der Waals surface area (Å²) >= 11 is 0. The second kappa shape index (κ2) is 14.3. The summed E-state index contributed by atoms with van der Waals surface area (Å²) in [6, 6.07) is 51.6. The van der Waals surface area contributed by atoms with Crippen molar-refractivity contribution in [1.29, 1.82) is 0 Å². The second-order valence-corrected chi connectivity index (χ2v) is 12.7. The Kier molecular flexibility index (Phi) is 6.36. The monoisotopic (exact) mass is 684 g/mol. The quantitative estimate of drug-likeness (QED) is 0.154. The third-order valence-corrected chi connectivity index (χ3v) is 9.46. The van der Waals surface area contributed by atoms with Gasteiger partial charge < -0.3 is 4.90 Å². The van der Waals surface area contributed by atoms with Crippen LogP contribution in [0.3, 0.4) is 0 Å². The summed E-state index contributed by atoms with van der Waals surface area (Å²) in [5.74, 6) is 0. The van der Waals surface area contributed by atoms with Crippen LogP contribution >= 0.6 is 0 Å². The minimum Gasteiger partial charge on any atom is -0.311 e. The van der Waals surface area contributed by atoms with Gasteiger partial charge >= 0.3 is 0 Å². The highest BCUT2D eigenvalue weighted by Crippen LogP contribution is 2.41. The van der Waals surface area contributed by atoms with Crippen LogP contribution < -0.4 is 4.90 Å². The summed E-state index contributed by atoms with van der Waals surface area (Å²) in [7, 11) is 0. The van der Waals surface area contributed by atoms with Crippen molar-refractivity contribution < 1.29 is 12.3 Å². The van der Waals surface area contributed by atoms with E-state index in [0.29, 0.717) is 11.4 Å². The SMILES string of the molecule is [2H]c1c([2H])c([2H])c(-c2c([2H])c([2H])c(N(c3ccc(-c4ccc(-c5ccccc5)cc4)cc3)c3ccc(-c4ccc5ccccc5c4-c4ccccc4)cc3)c([2H])c2[2H])c([2H])c1[2H]. The molecule has 53 heavy (non-hydrogen) atoms. The molecule has 0 amide bonds. The molecule has 0 aromatic heterocycles. The molecular formula is C52H37N. The van der Waals surface area contributed by atoms with E-state index >= 15 is 0 Å². The summed E-state index contributed by atoms with van der Waals surface area (Å²) < 4.78 is 79.0. The zero-order valence-corrected chi connectivity index (χ0v) is 28.6. The van der Waals surface area contributed by atoms with Crippen LogP contribution in [0.4, 0.5) is 17.1 Å². The van der Waals surface area contributed by atoms with E-state index in [2.05, 4.69) is 72.8 Å². The van der Waals surface area contributed by atoms with E-state index in [-0.39, 0.29) is 16.8 Å². The lowest BCUT2D eigenvalue weighted by Gasteiger charge is -2.26. The normalized spacial score (nSPS) is 13.4. The maximum absolute atomic E-state index is 9.40. The topological polar surface area (TPSA) is 3.24 Å². The fourth-order valence-electron chi connectivity index (χ4n) is 6.83. The zero-order valence-electron chi connectivity index (χ0n) is 37.6. The van der Waals surface area contributed by atoms with Crippen molar-refractivity contribution in [2.45, 2.75) is 0 Å². The minimum absolute atomic E-state index is 0.0560. The molecule has 9 rings (SSSR count). The Labute approximate surface area is 324 Å². The van der Waals surface area contributed by atoms with Crippen LogP contribution in [0, 0.1) is 0 Å². The predicted molar refractivity (Wildman–Crippen MR) is 226 cm³/mol. The molecule has 0 bridgehead atoms. The number of anilines is 3. The first kappa shape index (κ1) is 23.5. The van der Waals surface area contributed by atoms with Crippen molar-refractivity contribution in [2.75, 3.05) is 4.90 Å².